The fraction of sp³-hybridized carbons (Fsp3) is 0.158. The van der Waals surface area contributed by atoms with Gasteiger partial charge >= 0.3 is 0 Å². The van der Waals surface area contributed by atoms with E-state index in [0.29, 0.717) is 17.4 Å². The number of benzene rings is 1. The van der Waals surface area contributed by atoms with E-state index in [0.717, 1.165) is 22.4 Å². The van der Waals surface area contributed by atoms with Gasteiger partial charge in [0.15, 0.2) is 11.5 Å². The van der Waals surface area contributed by atoms with Gasteiger partial charge in [0.05, 0.1) is 10.7 Å². The molecule has 3 aromatic rings. The van der Waals surface area contributed by atoms with Crippen molar-refractivity contribution in [3.8, 4) is 0 Å². The van der Waals surface area contributed by atoms with E-state index in [-0.39, 0.29) is 11.6 Å². The van der Waals surface area contributed by atoms with Crippen LogP contribution in [-0.4, -0.2) is 21.1 Å². The Bertz CT molecular complexity index is 890. The first-order valence-electron chi connectivity index (χ1n) is 8.07. The standard InChI is InChI=1S/C19H18ClN5O/c1-12-9-13(2)18(15(20)10-12)23-17-4-3-16(24-25-17)19(26)22-11-14-5-7-21-8-6-14/h3-10H,11H2,1-2H3,(H,22,26)(H,23,25). The van der Waals surface area contributed by atoms with Crippen molar-refractivity contribution in [2.24, 2.45) is 0 Å². The van der Waals surface area contributed by atoms with E-state index in [9.17, 15) is 4.79 Å². The first-order chi connectivity index (χ1) is 12.5. The summed E-state index contributed by atoms with van der Waals surface area (Å²) >= 11 is 6.29. The number of hydrogen-bond donors (Lipinski definition) is 2. The molecule has 0 unspecified atom stereocenters. The fourth-order valence-electron chi connectivity index (χ4n) is 2.50. The summed E-state index contributed by atoms with van der Waals surface area (Å²) in [4.78, 5) is 16.1. The first-order valence-corrected chi connectivity index (χ1v) is 8.45. The highest BCUT2D eigenvalue weighted by molar-refractivity contribution is 6.33. The van der Waals surface area contributed by atoms with Gasteiger partial charge in [-0.3, -0.25) is 9.78 Å². The normalized spacial score (nSPS) is 10.4. The number of halogens is 1. The van der Waals surface area contributed by atoms with E-state index in [1.165, 1.54) is 0 Å². The van der Waals surface area contributed by atoms with Crippen LogP contribution in [-0.2, 0) is 6.54 Å². The van der Waals surface area contributed by atoms with Crippen LogP contribution in [0.1, 0.15) is 27.2 Å². The number of pyridine rings is 1. The molecule has 0 aliphatic rings. The molecule has 0 spiro atoms. The first kappa shape index (κ1) is 17.8. The van der Waals surface area contributed by atoms with E-state index < -0.39 is 0 Å². The zero-order valence-electron chi connectivity index (χ0n) is 14.5. The molecular weight excluding hydrogens is 350 g/mol. The predicted octanol–water partition coefficient (Wildman–Crippen LogP) is 3.82. The van der Waals surface area contributed by atoms with Crippen molar-refractivity contribution in [1.29, 1.82) is 0 Å². The second-order valence-corrected chi connectivity index (χ2v) is 6.31. The minimum Gasteiger partial charge on any atom is -0.347 e. The Kier molecular flexibility index (Phi) is 5.43. The molecule has 1 amide bonds. The average molecular weight is 368 g/mol. The number of amides is 1. The van der Waals surface area contributed by atoms with Gasteiger partial charge in [-0.15, -0.1) is 10.2 Å². The van der Waals surface area contributed by atoms with Gasteiger partial charge in [-0.2, -0.15) is 0 Å². The molecule has 6 nitrogen and oxygen atoms in total. The largest absolute Gasteiger partial charge is 0.347 e. The number of carbonyl (C=O) groups excluding carboxylic acids is 1. The summed E-state index contributed by atoms with van der Waals surface area (Å²) in [6, 6.07) is 10.9. The molecule has 3 rings (SSSR count). The molecule has 0 atom stereocenters. The highest BCUT2D eigenvalue weighted by atomic mass is 35.5. The Labute approximate surface area is 156 Å². The Morgan fingerprint density at radius 3 is 2.50 bits per heavy atom. The minimum atomic E-state index is -0.287. The molecule has 0 fully saturated rings. The Balaban J connectivity index is 1.66. The highest BCUT2D eigenvalue weighted by Crippen LogP contribution is 2.29. The van der Waals surface area contributed by atoms with Gasteiger partial charge in [-0.05, 0) is 60.9 Å². The van der Waals surface area contributed by atoms with Crippen molar-refractivity contribution in [1.82, 2.24) is 20.5 Å². The maximum absolute atomic E-state index is 12.2. The van der Waals surface area contributed by atoms with Gasteiger partial charge in [0.1, 0.15) is 0 Å². The monoisotopic (exact) mass is 367 g/mol. The molecule has 0 bridgehead atoms. The fourth-order valence-corrected chi connectivity index (χ4v) is 2.86. The maximum Gasteiger partial charge on any atom is 0.272 e. The number of rotatable bonds is 5. The molecule has 2 heterocycles. The van der Waals surface area contributed by atoms with Crippen LogP contribution < -0.4 is 10.6 Å². The van der Waals surface area contributed by atoms with Crippen molar-refractivity contribution >= 4 is 29.0 Å². The molecule has 132 valence electrons. The van der Waals surface area contributed by atoms with Crippen molar-refractivity contribution in [2.75, 3.05) is 5.32 Å². The third-order valence-corrected chi connectivity index (χ3v) is 4.08. The quantitative estimate of drug-likeness (QED) is 0.716. The summed E-state index contributed by atoms with van der Waals surface area (Å²) in [6.45, 7) is 4.36. The molecular formula is C19H18ClN5O. The SMILES string of the molecule is Cc1cc(C)c(Nc2ccc(C(=O)NCc3ccncc3)nn2)c(Cl)c1. The Morgan fingerprint density at radius 2 is 1.85 bits per heavy atom. The van der Waals surface area contributed by atoms with Crippen molar-refractivity contribution < 1.29 is 4.79 Å². The Morgan fingerprint density at radius 1 is 1.08 bits per heavy atom. The smallest absolute Gasteiger partial charge is 0.272 e. The van der Waals surface area contributed by atoms with Crippen LogP contribution in [0.25, 0.3) is 0 Å². The molecule has 1 aromatic carbocycles. The van der Waals surface area contributed by atoms with Gasteiger partial charge in [-0.1, -0.05) is 17.7 Å². The topological polar surface area (TPSA) is 79.8 Å². The lowest BCUT2D eigenvalue weighted by Crippen LogP contribution is -2.24. The minimum absolute atomic E-state index is 0.247. The van der Waals surface area contributed by atoms with Gasteiger partial charge in [0.25, 0.3) is 5.91 Å². The summed E-state index contributed by atoms with van der Waals surface area (Å²) in [5.74, 6) is 0.231. The molecule has 0 aliphatic heterocycles. The lowest BCUT2D eigenvalue weighted by molar-refractivity contribution is 0.0945. The van der Waals surface area contributed by atoms with E-state index in [1.54, 1.807) is 24.5 Å². The van der Waals surface area contributed by atoms with Gasteiger partial charge < -0.3 is 10.6 Å². The molecule has 7 heteroatoms. The molecule has 0 aliphatic carbocycles. The van der Waals surface area contributed by atoms with E-state index in [1.807, 2.05) is 38.1 Å². The molecule has 26 heavy (non-hydrogen) atoms. The van der Waals surface area contributed by atoms with E-state index in [2.05, 4.69) is 25.8 Å². The van der Waals surface area contributed by atoms with Crippen LogP contribution >= 0.6 is 11.6 Å². The van der Waals surface area contributed by atoms with Crippen molar-refractivity contribution in [2.45, 2.75) is 20.4 Å². The van der Waals surface area contributed by atoms with Gasteiger partial charge in [0, 0.05) is 18.9 Å². The van der Waals surface area contributed by atoms with Crippen LogP contribution in [0.5, 0.6) is 0 Å². The molecule has 0 radical (unpaired) electrons. The highest BCUT2D eigenvalue weighted by Gasteiger charge is 2.10. The van der Waals surface area contributed by atoms with Gasteiger partial charge in [-0.25, -0.2) is 0 Å². The summed E-state index contributed by atoms with van der Waals surface area (Å²) in [5.41, 5.74) is 4.09. The summed E-state index contributed by atoms with van der Waals surface area (Å²) in [5, 5.41) is 14.6. The van der Waals surface area contributed by atoms with Crippen LogP contribution in [0.2, 0.25) is 5.02 Å². The molecule has 2 N–H and O–H groups in total. The Hall–Kier alpha value is -2.99. The molecule has 2 aromatic heterocycles. The molecule has 0 saturated carbocycles. The molecule has 0 saturated heterocycles. The van der Waals surface area contributed by atoms with Gasteiger partial charge in [0.2, 0.25) is 0 Å². The summed E-state index contributed by atoms with van der Waals surface area (Å²) in [7, 11) is 0. The lowest BCUT2D eigenvalue weighted by atomic mass is 10.1. The average Bonchev–Trinajstić information content (AvgIpc) is 2.64. The van der Waals surface area contributed by atoms with E-state index >= 15 is 0 Å². The third-order valence-electron chi connectivity index (χ3n) is 3.78. The lowest BCUT2D eigenvalue weighted by Gasteiger charge is -2.12. The number of nitrogens with one attached hydrogen (secondary N) is 2. The second kappa shape index (κ2) is 7.93. The van der Waals surface area contributed by atoms with Crippen LogP contribution in [0.4, 0.5) is 11.5 Å². The zero-order valence-corrected chi connectivity index (χ0v) is 15.2. The predicted molar refractivity (Wildman–Crippen MR) is 102 cm³/mol. The van der Waals surface area contributed by atoms with Crippen molar-refractivity contribution in [3.05, 3.63) is 76.2 Å². The number of anilines is 2. The number of nitrogens with zero attached hydrogens (tertiary/aromatic N) is 3. The second-order valence-electron chi connectivity index (χ2n) is 5.91. The number of aryl methyl sites for hydroxylation is 2. The summed E-state index contributed by atoms with van der Waals surface area (Å²) < 4.78 is 0. The summed E-state index contributed by atoms with van der Waals surface area (Å²) in [6.07, 6.45) is 3.36. The number of hydrogen-bond acceptors (Lipinski definition) is 5. The third kappa shape index (κ3) is 4.34. The van der Waals surface area contributed by atoms with E-state index in [4.69, 9.17) is 11.6 Å². The maximum atomic E-state index is 12.2. The van der Waals surface area contributed by atoms with Crippen LogP contribution in [0.15, 0.2) is 48.8 Å². The number of aromatic nitrogens is 3. The van der Waals surface area contributed by atoms with Crippen molar-refractivity contribution in [3.63, 3.8) is 0 Å². The number of carbonyl (C=O) groups is 1. The van der Waals surface area contributed by atoms with Crippen LogP contribution in [0, 0.1) is 13.8 Å². The van der Waals surface area contributed by atoms with Crippen LogP contribution in [0.3, 0.4) is 0 Å². The zero-order chi connectivity index (χ0) is 18.5.